The highest BCUT2D eigenvalue weighted by Crippen LogP contribution is 2.21. The smallest absolute Gasteiger partial charge is 0.224 e. The first-order valence-corrected chi connectivity index (χ1v) is 13.8. The molecule has 0 saturated carbocycles. The molecule has 0 aliphatic carbocycles. The summed E-state index contributed by atoms with van der Waals surface area (Å²) in [6.07, 6.45) is 2.75. The third-order valence-electron chi connectivity index (χ3n) is 6.64. The predicted octanol–water partition coefficient (Wildman–Crippen LogP) is 2.81. The summed E-state index contributed by atoms with van der Waals surface area (Å²) >= 11 is 0. The molecule has 4 rings (SSSR count). The zero-order chi connectivity index (χ0) is 23.8. The molecule has 2 heterocycles. The van der Waals surface area contributed by atoms with Crippen LogP contribution >= 0.6 is 0 Å². The van der Waals surface area contributed by atoms with Gasteiger partial charge in [-0.05, 0) is 48.9 Å². The van der Waals surface area contributed by atoms with E-state index in [0.717, 1.165) is 50.3 Å². The average molecular weight is 486 g/mol. The van der Waals surface area contributed by atoms with E-state index in [-0.39, 0.29) is 24.1 Å². The van der Waals surface area contributed by atoms with E-state index >= 15 is 0 Å². The third kappa shape index (κ3) is 6.81. The molecule has 2 aromatic rings. The minimum atomic E-state index is -3.36. The zero-order valence-electron chi connectivity index (χ0n) is 19.7. The standard InChI is InChI=1S/C26H35N3O4S/c30-26(27-20-23-10-12-25(13-11-23)28-15-17-33-18-16-28)24-9-4-14-29(21-24)34(31,32)19-5-8-22-6-2-1-3-7-22/h1-3,6-7,10-13,24H,4-5,8-9,14-21H2,(H,27,30)/t24-/m1/s1. The monoisotopic (exact) mass is 485 g/mol. The highest BCUT2D eigenvalue weighted by atomic mass is 32.2. The molecule has 2 aliphatic heterocycles. The molecule has 1 N–H and O–H groups in total. The molecule has 2 saturated heterocycles. The minimum Gasteiger partial charge on any atom is -0.378 e. The highest BCUT2D eigenvalue weighted by molar-refractivity contribution is 7.89. The van der Waals surface area contributed by atoms with Crippen molar-refractivity contribution >= 4 is 21.6 Å². The molecular formula is C26H35N3O4S. The van der Waals surface area contributed by atoms with E-state index < -0.39 is 10.0 Å². The number of amides is 1. The molecule has 1 atom stereocenters. The molecular weight excluding hydrogens is 450 g/mol. The lowest BCUT2D eigenvalue weighted by Gasteiger charge is -2.31. The molecule has 0 unspecified atom stereocenters. The largest absolute Gasteiger partial charge is 0.378 e. The second-order valence-electron chi connectivity index (χ2n) is 9.09. The van der Waals surface area contributed by atoms with Gasteiger partial charge in [0.2, 0.25) is 15.9 Å². The van der Waals surface area contributed by atoms with Gasteiger partial charge in [0.05, 0.1) is 24.9 Å². The maximum atomic E-state index is 12.9. The number of morpholine rings is 1. The first-order chi connectivity index (χ1) is 16.5. The van der Waals surface area contributed by atoms with Gasteiger partial charge in [-0.15, -0.1) is 0 Å². The lowest BCUT2D eigenvalue weighted by molar-refractivity contribution is -0.126. The van der Waals surface area contributed by atoms with Gasteiger partial charge in [0, 0.05) is 38.4 Å². The number of ether oxygens (including phenoxy) is 1. The molecule has 184 valence electrons. The van der Waals surface area contributed by atoms with Crippen molar-refractivity contribution in [1.29, 1.82) is 0 Å². The number of hydrogen-bond donors (Lipinski definition) is 1. The molecule has 8 heteroatoms. The number of piperidine rings is 1. The van der Waals surface area contributed by atoms with Gasteiger partial charge in [0.15, 0.2) is 0 Å². The molecule has 0 aromatic heterocycles. The topological polar surface area (TPSA) is 79.0 Å². The van der Waals surface area contributed by atoms with Crippen LogP contribution in [0.5, 0.6) is 0 Å². The van der Waals surface area contributed by atoms with Crippen molar-refractivity contribution in [2.75, 3.05) is 50.0 Å². The normalized spacial score (nSPS) is 19.6. The molecule has 2 aliphatic rings. The molecule has 1 amide bonds. The van der Waals surface area contributed by atoms with E-state index in [1.807, 2.05) is 42.5 Å². The van der Waals surface area contributed by atoms with Crippen LogP contribution < -0.4 is 10.2 Å². The SMILES string of the molecule is O=C(NCc1ccc(N2CCOCC2)cc1)[C@@H]1CCCN(S(=O)(=O)CCCc2ccccc2)C1. The van der Waals surface area contributed by atoms with Gasteiger partial charge < -0.3 is 15.0 Å². The van der Waals surface area contributed by atoms with Gasteiger partial charge in [0.1, 0.15) is 0 Å². The van der Waals surface area contributed by atoms with E-state index in [1.54, 1.807) is 0 Å². The molecule has 0 spiro atoms. The van der Waals surface area contributed by atoms with Gasteiger partial charge in [0.25, 0.3) is 0 Å². The van der Waals surface area contributed by atoms with Crippen LogP contribution in [-0.4, -0.2) is 63.8 Å². The van der Waals surface area contributed by atoms with Crippen LogP contribution in [0.25, 0.3) is 0 Å². The fourth-order valence-corrected chi connectivity index (χ4v) is 6.20. The zero-order valence-corrected chi connectivity index (χ0v) is 20.5. The summed E-state index contributed by atoms with van der Waals surface area (Å²) in [6, 6.07) is 18.2. The number of nitrogens with zero attached hydrogens (tertiary/aromatic N) is 2. The number of hydrogen-bond acceptors (Lipinski definition) is 5. The quantitative estimate of drug-likeness (QED) is 0.591. The molecule has 2 fully saturated rings. The van der Waals surface area contributed by atoms with Crippen molar-refractivity contribution < 1.29 is 17.9 Å². The van der Waals surface area contributed by atoms with Crippen LogP contribution in [0.4, 0.5) is 5.69 Å². The van der Waals surface area contributed by atoms with Crippen molar-refractivity contribution in [1.82, 2.24) is 9.62 Å². The third-order valence-corrected chi connectivity index (χ3v) is 8.56. The lowest BCUT2D eigenvalue weighted by atomic mass is 9.98. The van der Waals surface area contributed by atoms with Gasteiger partial charge >= 0.3 is 0 Å². The van der Waals surface area contributed by atoms with Crippen molar-refractivity contribution in [3.63, 3.8) is 0 Å². The van der Waals surface area contributed by atoms with Gasteiger partial charge in [-0.2, -0.15) is 0 Å². The molecule has 0 radical (unpaired) electrons. The fraction of sp³-hybridized carbons (Fsp3) is 0.500. The number of carbonyl (C=O) groups excluding carboxylic acids is 1. The average Bonchev–Trinajstić information content (AvgIpc) is 2.89. The Morgan fingerprint density at radius 1 is 0.971 bits per heavy atom. The number of aryl methyl sites for hydroxylation is 1. The van der Waals surface area contributed by atoms with Gasteiger partial charge in [-0.1, -0.05) is 42.5 Å². The Kier molecular flexibility index (Phi) is 8.59. The predicted molar refractivity (Wildman–Crippen MR) is 134 cm³/mol. The minimum absolute atomic E-state index is 0.0681. The molecule has 34 heavy (non-hydrogen) atoms. The van der Waals surface area contributed by atoms with Crippen LogP contribution in [0.1, 0.15) is 30.4 Å². The number of carbonyl (C=O) groups is 1. The van der Waals surface area contributed by atoms with E-state index in [9.17, 15) is 13.2 Å². The molecule has 0 bridgehead atoms. The van der Waals surface area contributed by atoms with Crippen molar-refractivity contribution in [3.8, 4) is 0 Å². The van der Waals surface area contributed by atoms with Gasteiger partial charge in [-0.25, -0.2) is 12.7 Å². The Balaban J connectivity index is 1.24. The van der Waals surface area contributed by atoms with Crippen LogP contribution in [0.2, 0.25) is 0 Å². The van der Waals surface area contributed by atoms with Crippen molar-refractivity contribution in [2.24, 2.45) is 5.92 Å². The summed E-state index contributed by atoms with van der Waals surface area (Å²) in [7, 11) is -3.36. The highest BCUT2D eigenvalue weighted by Gasteiger charge is 2.32. The Labute approximate surface area is 203 Å². The van der Waals surface area contributed by atoms with Crippen LogP contribution in [-0.2, 0) is 32.5 Å². The Morgan fingerprint density at radius 3 is 2.44 bits per heavy atom. The number of sulfonamides is 1. The first-order valence-electron chi connectivity index (χ1n) is 12.2. The van der Waals surface area contributed by atoms with Crippen LogP contribution in [0.3, 0.4) is 0 Å². The molecule has 7 nitrogen and oxygen atoms in total. The second kappa shape index (κ2) is 11.8. The lowest BCUT2D eigenvalue weighted by Crippen LogP contribution is -2.46. The Hall–Kier alpha value is -2.42. The summed E-state index contributed by atoms with van der Waals surface area (Å²) in [5.41, 5.74) is 3.34. The van der Waals surface area contributed by atoms with E-state index in [1.165, 1.54) is 9.99 Å². The number of nitrogens with one attached hydrogen (secondary N) is 1. The Bertz CT molecular complexity index is 1020. The second-order valence-corrected chi connectivity index (χ2v) is 11.2. The summed E-state index contributed by atoms with van der Waals surface area (Å²) in [4.78, 5) is 15.1. The van der Waals surface area contributed by atoms with Crippen LogP contribution in [0, 0.1) is 5.92 Å². The maximum Gasteiger partial charge on any atom is 0.224 e. The Morgan fingerprint density at radius 2 is 1.71 bits per heavy atom. The summed E-state index contributed by atoms with van der Waals surface area (Å²) in [5, 5.41) is 3.01. The van der Waals surface area contributed by atoms with Gasteiger partial charge in [-0.3, -0.25) is 4.79 Å². The van der Waals surface area contributed by atoms with E-state index in [2.05, 4.69) is 22.3 Å². The maximum absolute atomic E-state index is 12.9. The fourth-order valence-electron chi connectivity index (χ4n) is 4.62. The van der Waals surface area contributed by atoms with E-state index in [4.69, 9.17) is 4.74 Å². The molecule has 2 aromatic carbocycles. The van der Waals surface area contributed by atoms with Crippen LogP contribution in [0.15, 0.2) is 54.6 Å². The summed E-state index contributed by atoms with van der Waals surface area (Å²) in [6.45, 7) is 4.50. The van der Waals surface area contributed by atoms with E-state index in [0.29, 0.717) is 25.9 Å². The number of anilines is 1. The summed E-state index contributed by atoms with van der Waals surface area (Å²) < 4.78 is 32.7. The van der Waals surface area contributed by atoms with Crippen molar-refractivity contribution in [2.45, 2.75) is 32.2 Å². The number of rotatable bonds is 9. The van der Waals surface area contributed by atoms with Crippen molar-refractivity contribution in [3.05, 3.63) is 65.7 Å². The summed E-state index contributed by atoms with van der Waals surface area (Å²) in [5.74, 6) is -0.252. The number of benzene rings is 2. The first kappa shape index (κ1) is 24.7.